The third-order valence-corrected chi connectivity index (χ3v) is 4.46. The zero-order valence-electron chi connectivity index (χ0n) is 12.7. The Morgan fingerprint density at radius 1 is 1.10 bits per heavy atom. The number of carbonyl (C=O) groups excluding carboxylic acids is 1. The smallest absolute Gasteiger partial charge is 0.267 e. The Hall–Kier alpha value is -1.77. The lowest BCUT2D eigenvalue weighted by Crippen LogP contribution is -2.35. The number of fused-ring (bicyclic) bond motifs is 1. The van der Waals surface area contributed by atoms with Crippen LogP contribution >= 0.6 is 0 Å². The molecule has 1 aliphatic rings. The van der Waals surface area contributed by atoms with Crippen molar-refractivity contribution in [1.82, 2.24) is 10.3 Å². The molecule has 112 valence electrons. The maximum absolute atomic E-state index is 12.4. The topological polar surface area (TPSA) is 44.9 Å². The average molecular weight is 284 g/mol. The summed E-state index contributed by atoms with van der Waals surface area (Å²) < 4.78 is 0. The lowest BCUT2D eigenvalue weighted by Gasteiger charge is -2.20. The lowest BCUT2D eigenvalue weighted by molar-refractivity contribution is 0.0926. The number of aromatic amines is 1. The van der Waals surface area contributed by atoms with E-state index in [0.717, 1.165) is 23.7 Å². The second kappa shape index (κ2) is 6.33. The van der Waals surface area contributed by atoms with Gasteiger partial charge in [0.2, 0.25) is 0 Å². The molecule has 21 heavy (non-hydrogen) atoms. The number of nitrogens with one attached hydrogen (secondary N) is 2. The summed E-state index contributed by atoms with van der Waals surface area (Å²) in [5.74, 6) is 0.0365. The molecule has 3 rings (SSSR count). The van der Waals surface area contributed by atoms with E-state index in [9.17, 15) is 4.79 Å². The summed E-state index contributed by atoms with van der Waals surface area (Å²) in [6.07, 6.45) is 8.65. The normalized spacial score (nSPS) is 17.4. The van der Waals surface area contributed by atoms with Crippen molar-refractivity contribution in [1.29, 1.82) is 0 Å². The molecule has 0 atom stereocenters. The molecule has 1 heterocycles. The molecule has 1 fully saturated rings. The van der Waals surface area contributed by atoms with Crippen LogP contribution in [0, 0.1) is 6.92 Å². The molecule has 3 nitrogen and oxygen atoms in total. The number of H-pyrrole nitrogens is 1. The van der Waals surface area contributed by atoms with E-state index < -0.39 is 0 Å². The molecule has 2 aromatic rings. The first-order valence-corrected chi connectivity index (χ1v) is 8.12. The van der Waals surface area contributed by atoms with Crippen LogP contribution in [0.1, 0.15) is 61.0 Å². The van der Waals surface area contributed by atoms with Crippen molar-refractivity contribution in [3.63, 3.8) is 0 Å². The molecule has 3 heteroatoms. The van der Waals surface area contributed by atoms with Gasteiger partial charge >= 0.3 is 0 Å². The van der Waals surface area contributed by atoms with Gasteiger partial charge in [0.1, 0.15) is 5.69 Å². The van der Waals surface area contributed by atoms with Gasteiger partial charge in [-0.3, -0.25) is 4.79 Å². The highest BCUT2D eigenvalue weighted by molar-refractivity contribution is 5.98. The Balaban J connectivity index is 1.70. The standard InChI is InChI=1S/C18H24N2O/c1-13-9-10-14-12-17(20-16(14)11-13)18(21)19-15-7-5-3-2-4-6-8-15/h9-12,15,20H,2-8H2,1H3,(H,19,21). The minimum Gasteiger partial charge on any atom is -0.351 e. The highest BCUT2D eigenvalue weighted by Gasteiger charge is 2.16. The molecule has 0 unspecified atom stereocenters. The van der Waals surface area contributed by atoms with Gasteiger partial charge in [-0.15, -0.1) is 0 Å². The molecule has 0 saturated heterocycles. The summed E-state index contributed by atoms with van der Waals surface area (Å²) in [6.45, 7) is 2.06. The Morgan fingerprint density at radius 2 is 1.81 bits per heavy atom. The zero-order chi connectivity index (χ0) is 14.7. The Morgan fingerprint density at radius 3 is 2.57 bits per heavy atom. The van der Waals surface area contributed by atoms with Crippen LogP contribution in [0.3, 0.4) is 0 Å². The fourth-order valence-electron chi connectivity index (χ4n) is 3.23. The number of aromatic nitrogens is 1. The lowest BCUT2D eigenvalue weighted by atomic mass is 9.96. The van der Waals surface area contributed by atoms with E-state index >= 15 is 0 Å². The van der Waals surface area contributed by atoms with Crippen LogP contribution in [0.15, 0.2) is 24.3 Å². The molecule has 0 radical (unpaired) electrons. The van der Waals surface area contributed by atoms with E-state index in [2.05, 4.69) is 35.4 Å². The zero-order valence-corrected chi connectivity index (χ0v) is 12.7. The number of amides is 1. The summed E-state index contributed by atoms with van der Waals surface area (Å²) in [5, 5.41) is 4.31. The van der Waals surface area contributed by atoms with Gasteiger partial charge in [0.15, 0.2) is 0 Å². The minimum absolute atomic E-state index is 0.0365. The number of aryl methyl sites for hydroxylation is 1. The molecule has 0 spiro atoms. The molecule has 2 N–H and O–H groups in total. The maximum atomic E-state index is 12.4. The van der Waals surface area contributed by atoms with E-state index in [-0.39, 0.29) is 5.91 Å². The van der Waals surface area contributed by atoms with Gasteiger partial charge in [0, 0.05) is 16.9 Å². The van der Waals surface area contributed by atoms with Gasteiger partial charge < -0.3 is 10.3 Å². The van der Waals surface area contributed by atoms with E-state index in [4.69, 9.17) is 0 Å². The SMILES string of the molecule is Cc1ccc2cc(C(=O)NC3CCCCCCC3)[nH]c2c1. The van der Waals surface area contributed by atoms with Crippen LogP contribution in [0.4, 0.5) is 0 Å². The second-order valence-corrected chi connectivity index (χ2v) is 6.29. The summed E-state index contributed by atoms with van der Waals surface area (Å²) in [6, 6.07) is 8.51. The van der Waals surface area contributed by atoms with E-state index in [0.29, 0.717) is 11.7 Å². The van der Waals surface area contributed by atoms with Gasteiger partial charge in [-0.1, -0.05) is 44.2 Å². The van der Waals surface area contributed by atoms with Crippen molar-refractivity contribution in [3.8, 4) is 0 Å². The number of carbonyl (C=O) groups is 1. The van der Waals surface area contributed by atoms with E-state index in [1.54, 1.807) is 0 Å². The number of benzene rings is 1. The first kappa shape index (κ1) is 14.2. The molecule has 1 aromatic carbocycles. The Bertz CT molecular complexity index is 621. The van der Waals surface area contributed by atoms with Gasteiger partial charge in [0.05, 0.1) is 0 Å². The fourth-order valence-corrected chi connectivity index (χ4v) is 3.23. The summed E-state index contributed by atoms with van der Waals surface area (Å²) >= 11 is 0. The first-order valence-electron chi connectivity index (χ1n) is 8.12. The van der Waals surface area contributed by atoms with Crippen molar-refractivity contribution in [2.24, 2.45) is 0 Å². The molecule has 1 aliphatic carbocycles. The van der Waals surface area contributed by atoms with Crippen molar-refractivity contribution in [3.05, 3.63) is 35.5 Å². The summed E-state index contributed by atoms with van der Waals surface area (Å²) in [4.78, 5) is 15.7. The van der Waals surface area contributed by atoms with Crippen LogP contribution in [0.2, 0.25) is 0 Å². The highest BCUT2D eigenvalue weighted by Crippen LogP contribution is 2.19. The van der Waals surface area contributed by atoms with Crippen LogP contribution in [-0.4, -0.2) is 16.9 Å². The van der Waals surface area contributed by atoms with Crippen molar-refractivity contribution >= 4 is 16.8 Å². The highest BCUT2D eigenvalue weighted by atomic mass is 16.1. The Labute approximate surface area is 126 Å². The predicted octanol–water partition coefficient (Wildman–Crippen LogP) is 4.32. The number of rotatable bonds is 2. The van der Waals surface area contributed by atoms with Crippen LogP contribution in [0.25, 0.3) is 10.9 Å². The van der Waals surface area contributed by atoms with E-state index in [1.165, 1.54) is 37.7 Å². The van der Waals surface area contributed by atoms with Crippen LogP contribution in [0.5, 0.6) is 0 Å². The number of hydrogen-bond acceptors (Lipinski definition) is 1. The van der Waals surface area contributed by atoms with Gasteiger partial charge in [-0.25, -0.2) is 0 Å². The van der Waals surface area contributed by atoms with Crippen molar-refractivity contribution < 1.29 is 4.79 Å². The monoisotopic (exact) mass is 284 g/mol. The van der Waals surface area contributed by atoms with Crippen LogP contribution in [-0.2, 0) is 0 Å². The fraction of sp³-hybridized carbons (Fsp3) is 0.500. The molecule has 1 aromatic heterocycles. The first-order chi connectivity index (χ1) is 10.2. The average Bonchev–Trinajstić information content (AvgIpc) is 2.84. The number of hydrogen-bond donors (Lipinski definition) is 2. The minimum atomic E-state index is 0.0365. The largest absolute Gasteiger partial charge is 0.351 e. The molecule has 0 bridgehead atoms. The van der Waals surface area contributed by atoms with Gasteiger partial charge in [-0.05, 0) is 37.5 Å². The summed E-state index contributed by atoms with van der Waals surface area (Å²) in [7, 11) is 0. The molecular formula is C18H24N2O. The third-order valence-electron chi connectivity index (χ3n) is 4.46. The van der Waals surface area contributed by atoms with Gasteiger partial charge in [-0.2, -0.15) is 0 Å². The maximum Gasteiger partial charge on any atom is 0.267 e. The predicted molar refractivity (Wildman–Crippen MR) is 86.6 cm³/mol. The van der Waals surface area contributed by atoms with Crippen molar-refractivity contribution in [2.45, 2.75) is 57.9 Å². The van der Waals surface area contributed by atoms with Crippen molar-refractivity contribution in [2.75, 3.05) is 0 Å². The Kier molecular flexibility index (Phi) is 4.28. The van der Waals surface area contributed by atoms with E-state index in [1.807, 2.05) is 6.07 Å². The second-order valence-electron chi connectivity index (χ2n) is 6.29. The molecular weight excluding hydrogens is 260 g/mol. The third kappa shape index (κ3) is 3.46. The summed E-state index contributed by atoms with van der Waals surface area (Å²) in [5.41, 5.74) is 2.92. The molecule has 1 saturated carbocycles. The van der Waals surface area contributed by atoms with Gasteiger partial charge in [0.25, 0.3) is 5.91 Å². The van der Waals surface area contributed by atoms with Crippen LogP contribution < -0.4 is 5.32 Å². The molecule has 0 aliphatic heterocycles. The quantitative estimate of drug-likeness (QED) is 0.847. The molecule has 1 amide bonds.